The Morgan fingerprint density at radius 3 is 2.69 bits per heavy atom. The minimum atomic E-state index is -0.387. The highest BCUT2D eigenvalue weighted by molar-refractivity contribution is 6.33. The van der Waals surface area contributed by atoms with E-state index in [1.165, 1.54) is 13.3 Å². The molecule has 0 radical (unpaired) electrons. The van der Waals surface area contributed by atoms with Crippen molar-refractivity contribution >= 4 is 34.3 Å². The molecule has 2 heterocycles. The third-order valence-electron chi connectivity index (χ3n) is 4.70. The summed E-state index contributed by atoms with van der Waals surface area (Å²) in [7, 11) is 1.53. The van der Waals surface area contributed by atoms with Gasteiger partial charge in [0, 0.05) is 11.8 Å². The van der Waals surface area contributed by atoms with Crippen LogP contribution in [-0.2, 0) is 0 Å². The second kappa shape index (κ2) is 7.56. The second-order valence-corrected chi connectivity index (χ2v) is 6.99. The molecule has 0 saturated carbocycles. The van der Waals surface area contributed by atoms with Gasteiger partial charge in [-0.1, -0.05) is 11.6 Å². The molecule has 146 valence electrons. The molecule has 2 aromatic carbocycles. The predicted molar refractivity (Wildman–Crippen MR) is 113 cm³/mol. The van der Waals surface area contributed by atoms with Gasteiger partial charge in [0.05, 0.1) is 18.4 Å². The molecule has 0 bridgehead atoms. The largest absolute Gasteiger partial charge is 0.495 e. The second-order valence-electron chi connectivity index (χ2n) is 6.63. The zero-order chi connectivity index (χ0) is 20.5. The van der Waals surface area contributed by atoms with Crippen molar-refractivity contribution in [3.63, 3.8) is 0 Å². The quantitative estimate of drug-likeness (QED) is 0.457. The minimum Gasteiger partial charge on any atom is -0.495 e. The maximum absolute atomic E-state index is 12.6. The first-order valence-corrected chi connectivity index (χ1v) is 9.32. The zero-order valence-corrected chi connectivity index (χ0v) is 16.9. The fraction of sp³-hybridized carbons (Fsp3) is 0.136. The lowest BCUT2D eigenvalue weighted by Gasteiger charge is -2.11. The molecule has 4 rings (SSSR count). The number of benzene rings is 2. The molecule has 0 fully saturated rings. The summed E-state index contributed by atoms with van der Waals surface area (Å²) in [4.78, 5) is 21.2. The summed E-state index contributed by atoms with van der Waals surface area (Å²) in [5.41, 5.74) is 5.24. The minimum absolute atomic E-state index is 0.129. The summed E-state index contributed by atoms with van der Waals surface area (Å²) >= 11 is 6.03. The molecule has 6 nitrogen and oxygen atoms in total. The Morgan fingerprint density at radius 2 is 1.93 bits per heavy atom. The average molecular weight is 408 g/mol. The van der Waals surface area contributed by atoms with Crippen LogP contribution in [0.4, 0.5) is 5.69 Å². The Kier molecular flexibility index (Phi) is 4.94. The molecule has 7 heteroatoms. The Balaban J connectivity index is 1.72. The third-order valence-corrected chi connectivity index (χ3v) is 5.00. The Labute approximate surface area is 172 Å². The van der Waals surface area contributed by atoms with E-state index in [2.05, 4.69) is 15.3 Å². The van der Waals surface area contributed by atoms with E-state index >= 15 is 0 Å². The number of carbonyl (C=O) groups excluding carboxylic acids is 1. The van der Waals surface area contributed by atoms with Crippen LogP contribution in [0.25, 0.3) is 22.6 Å². The maximum Gasteiger partial charge on any atom is 0.258 e. The van der Waals surface area contributed by atoms with E-state index in [1.807, 2.05) is 32.0 Å². The summed E-state index contributed by atoms with van der Waals surface area (Å²) in [5, 5.41) is 2.95. The van der Waals surface area contributed by atoms with E-state index in [0.717, 1.165) is 16.6 Å². The van der Waals surface area contributed by atoms with Crippen LogP contribution in [0.3, 0.4) is 0 Å². The van der Waals surface area contributed by atoms with E-state index in [0.29, 0.717) is 28.5 Å². The molecule has 0 atom stereocenters. The fourth-order valence-electron chi connectivity index (χ4n) is 2.99. The van der Waals surface area contributed by atoms with Gasteiger partial charge in [-0.2, -0.15) is 0 Å². The lowest BCUT2D eigenvalue weighted by atomic mass is 10.1. The SMILES string of the molecule is COc1ccc(-c2nc3cc(C)c(C)cc3o2)cc1NC(=O)c1cccnc1Cl. The number of methoxy groups -OCH3 is 1. The van der Waals surface area contributed by atoms with Crippen LogP contribution >= 0.6 is 11.6 Å². The summed E-state index contributed by atoms with van der Waals surface area (Å²) < 4.78 is 11.3. The number of anilines is 1. The summed E-state index contributed by atoms with van der Waals surface area (Å²) in [6.07, 6.45) is 1.52. The van der Waals surface area contributed by atoms with Crippen molar-refractivity contribution in [2.24, 2.45) is 0 Å². The van der Waals surface area contributed by atoms with Crippen LogP contribution in [0.2, 0.25) is 5.15 Å². The number of halogens is 1. The molecule has 0 unspecified atom stereocenters. The molecule has 1 N–H and O–H groups in total. The van der Waals surface area contributed by atoms with Gasteiger partial charge in [-0.05, 0) is 67.4 Å². The average Bonchev–Trinajstić information content (AvgIpc) is 3.11. The molecule has 0 saturated heterocycles. The first-order valence-electron chi connectivity index (χ1n) is 8.94. The number of aromatic nitrogens is 2. The monoisotopic (exact) mass is 407 g/mol. The number of amides is 1. The molecule has 0 aliphatic rings. The summed E-state index contributed by atoms with van der Waals surface area (Å²) in [5.74, 6) is 0.579. The van der Waals surface area contributed by atoms with E-state index in [9.17, 15) is 4.79 Å². The zero-order valence-electron chi connectivity index (χ0n) is 16.1. The molecular weight excluding hydrogens is 390 g/mol. The van der Waals surface area contributed by atoms with Gasteiger partial charge in [0.25, 0.3) is 5.91 Å². The van der Waals surface area contributed by atoms with Gasteiger partial charge in [0.15, 0.2) is 5.58 Å². The van der Waals surface area contributed by atoms with Crippen molar-refractivity contribution in [1.29, 1.82) is 0 Å². The standard InChI is InChI=1S/C22H18ClN3O3/c1-12-9-16-19(10-13(12)2)29-22(26-16)14-6-7-18(28-3)17(11-14)25-21(27)15-5-4-8-24-20(15)23/h4-11H,1-3H3,(H,25,27). The number of oxazole rings is 1. The number of ether oxygens (including phenoxy) is 1. The van der Waals surface area contributed by atoms with Crippen molar-refractivity contribution in [3.8, 4) is 17.2 Å². The molecule has 0 aliphatic heterocycles. The van der Waals surface area contributed by atoms with E-state index < -0.39 is 0 Å². The van der Waals surface area contributed by atoms with Crippen molar-refractivity contribution in [2.45, 2.75) is 13.8 Å². The molecule has 4 aromatic rings. The third kappa shape index (κ3) is 3.67. The lowest BCUT2D eigenvalue weighted by molar-refractivity contribution is 0.102. The number of carbonyl (C=O) groups is 1. The summed E-state index contributed by atoms with van der Waals surface area (Å²) in [6, 6.07) is 12.6. The van der Waals surface area contributed by atoms with Crippen LogP contribution in [0.15, 0.2) is 53.1 Å². The highest BCUT2D eigenvalue weighted by atomic mass is 35.5. The van der Waals surface area contributed by atoms with Crippen molar-refractivity contribution in [1.82, 2.24) is 9.97 Å². The fourth-order valence-corrected chi connectivity index (χ4v) is 3.19. The smallest absolute Gasteiger partial charge is 0.258 e. The molecule has 1 amide bonds. The summed E-state index contributed by atoms with van der Waals surface area (Å²) in [6.45, 7) is 4.06. The first kappa shape index (κ1) is 19.0. The molecule has 0 aliphatic carbocycles. The molecule has 29 heavy (non-hydrogen) atoms. The molecule has 0 spiro atoms. The van der Waals surface area contributed by atoms with Crippen molar-refractivity contribution < 1.29 is 13.9 Å². The molecular formula is C22H18ClN3O3. The van der Waals surface area contributed by atoms with Gasteiger partial charge in [-0.15, -0.1) is 0 Å². The van der Waals surface area contributed by atoms with Crippen molar-refractivity contribution in [3.05, 3.63) is 70.5 Å². The van der Waals surface area contributed by atoms with E-state index in [-0.39, 0.29) is 16.6 Å². The lowest BCUT2D eigenvalue weighted by Crippen LogP contribution is -2.13. The van der Waals surface area contributed by atoms with Crippen LogP contribution in [0, 0.1) is 13.8 Å². The maximum atomic E-state index is 12.6. The Morgan fingerprint density at radius 1 is 1.14 bits per heavy atom. The number of pyridine rings is 1. The molecule has 2 aromatic heterocycles. The van der Waals surface area contributed by atoms with E-state index in [1.54, 1.807) is 24.3 Å². The van der Waals surface area contributed by atoms with Crippen LogP contribution in [0.5, 0.6) is 5.75 Å². The number of hydrogen-bond acceptors (Lipinski definition) is 5. The number of fused-ring (bicyclic) bond motifs is 1. The number of rotatable bonds is 4. The van der Waals surface area contributed by atoms with Crippen LogP contribution in [0.1, 0.15) is 21.5 Å². The highest BCUT2D eigenvalue weighted by Crippen LogP contribution is 2.33. The van der Waals surface area contributed by atoms with Crippen LogP contribution < -0.4 is 10.1 Å². The number of nitrogens with one attached hydrogen (secondary N) is 1. The predicted octanol–water partition coefficient (Wildman–Crippen LogP) is 5.42. The van der Waals surface area contributed by atoms with Crippen molar-refractivity contribution in [2.75, 3.05) is 12.4 Å². The first-order chi connectivity index (χ1) is 14.0. The van der Waals surface area contributed by atoms with Gasteiger partial charge in [-0.25, -0.2) is 9.97 Å². The van der Waals surface area contributed by atoms with Gasteiger partial charge in [0.2, 0.25) is 5.89 Å². The Bertz CT molecular complexity index is 1190. The number of aryl methyl sites for hydroxylation is 2. The highest BCUT2D eigenvalue weighted by Gasteiger charge is 2.16. The van der Waals surface area contributed by atoms with Crippen LogP contribution in [-0.4, -0.2) is 23.0 Å². The topological polar surface area (TPSA) is 77.3 Å². The Hall–Kier alpha value is -3.38. The normalized spacial score (nSPS) is 10.9. The van der Waals surface area contributed by atoms with Gasteiger partial charge in [0.1, 0.15) is 16.4 Å². The van der Waals surface area contributed by atoms with Gasteiger partial charge < -0.3 is 14.5 Å². The van der Waals surface area contributed by atoms with E-state index in [4.69, 9.17) is 20.8 Å². The number of hydrogen-bond donors (Lipinski definition) is 1. The van der Waals surface area contributed by atoms with Gasteiger partial charge >= 0.3 is 0 Å². The number of nitrogens with zero attached hydrogens (tertiary/aromatic N) is 2. The van der Waals surface area contributed by atoms with Gasteiger partial charge in [-0.3, -0.25) is 4.79 Å².